The molecule has 0 N–H and O–H groups in total. The Morgan fingerprint density at radius 1 is 0.895 bits per heavy atom. The smallest absolute Gasteiger partial charge is 1.00 e. The van der Waals surface area contributed by atoms with Crippen molar-refractivity contribution in [2.75, 3.05) is 0 Å². The Morgan fingerprint density at radius 2 is 1.58 bits per heavy atom. The van der Waals surface area contributed by atoms with Crippen molar-refractivity contribution in [2.45, 2.75) is 79.1 Å². The summed E-state index contributed by atoms with van der Waals surface area (Å²) in [5.41, 5.74) is 6.45. The molecule has 0 bridgehead atoms. The summed E-state index contributed by atoms with van der Waals surface area (Å²) in [5, 5.41) is 0. The zero-order valence-corrected chi connectivity index (χ0v) is 13.8. The molecule has 1 aromatic rings. The molecule has 0 aliphatic heterocycles. The van der Waals surface area contributed by atoms with Crippen molar-refractivity contribution >= 4 is 6.91 Å². The van der Waals surface area contributed by atoms with E-state index in [1.807, 2.05) is 0 Å². The fourth-order valence-corrected chi connectivity index (χ4v) is 2.98. The van der Waals surface area contributed by atoms with Crippen LogP contribution in [-0.4, -0.2) is 6.91 Å². The van der Waals surface area contributed by atoms with E-state index < -0.39 is 0 Å². The van der Waals surface area contributed by atoms with Gasteiger partial charge in [0.25, 0.3) is 0 Å². The fraction of sp³-hybridized carbons (Fsp3) is 0.706. The SMILES string of the molecule is CCCCCCc1cbc(CC)c(CC)c1CC.[H-].[Li+]. The second-order valence-corrected chi connectivity index (χ2v) is 5.21. The third-order valence-corrected chi connectivity index (χ3v) is 4.01. The molecule has 0 saturated carbocycles. The van der Waals surface area contributed by atoms with Gasteiger partial charge in [0.05, 0.1) is 0 Å². The van der Waals surface area contributed by atoms with Crippen LogP contribution in [0.3, 0.4) is 0 Å². The zero-order chi connectivity index (χ0) is 13.4. The van der Waals surface area contributed by atoms with Gasteiger partial charge in [-0.25, -0.2) is 0 Å². The Morgan fingerprint density at radius 3 is 2.11 bits per heavy atom. The van der Waals surface area contributed by atoms with Gasteiger partial charge in [0.1, 0.15) is 0 Å². The average Bonchev–Trinajstić information content (AvgIpc) is 2.42. The molecular formula is C17H30BLi. The van der Waals surface area contributed by atoms with Gasteiger partial charge in [-0.05, 0) is 0 Å². The third-order valence-electron chi connectivity index (χ3n) is 4.01. The minimum atomic E-state index is 0. The van der Waals surface area contributed by atoms with Gasteiger partial charge in [-0.1, -0.05) is 0 Å². The normalized spacial score (nSPS) is 10.1. The molecule has 1 rings (SSSR count). The first-order valence-electron chi connectivity index (χ1n) is 7.90. The first-order chi connectivity index (χ1) is 8.78. The van der Waals surface area contributed by atoms with Crippen LogP contribution >= 0.6 is 0 Å². The van der Waals surface area contributed by atoms with Gasteiger partial charge in [-0.3, -0.25) is 0 Å². The molecule has 1 aromatic heterocycles. The van der Waals surface area contributed by atoms with E-state index in [4.69, 9.17) is 0 Å². The first-order valence-corrected chi connectivity index (χ1v) is 7.90. The molecule has 0 nitrogen and oxygen atoms in total. The van der Waals surface area contributed by atoms with Crippen LogP contribution in [0.15, 0.2) is 5.96 Å². The van der Waals surface area contributed by atoms with Gasteiger partial charge in [0, 0.05) is 0 Å². The Hall–Kier alpha value is 0.0123. The first kappa shape index (κ1) is 19.0. The van der Waals surface area contributed by atoms with Gasteiger partial charge in [0.15, 0.2) is 0 Å². The van der Waals surface area contributed by atoms with Crippen molar-refractivity contribution in [3.63, 3.8) is 0 Å². The molecule has 0 aliphatic rings. The second kappa shape index (κ2) is 10.8. The van der Waals surface area contributed by atoms with Crippen LogP contribution in [-0.2, 0) is 25.7 Å². The fourth-order valence-electron chi connectivity index (χ4n) is 2.98. The van der Waals surface area contributed by atoms with E-state index in [2.05, 4.69) is 40.6 Å². The molecule has 0 saturated heterocycles. The Balaban J connectivity index is 0. The van der Waals surface area contributed by atoms with E-state index in [0.29, 0.717) is 0 Å². The van der Waals surface area contributed by atoms with Crippen LogP contribution in [0.4, 0.5) is 0 Å². The van der Waals surface area contributed by atoms with Crippen LogP contribution in [0.2, 0.25) is 0 Å². The molecule has 102 valence electrons. The van der Waals surface area contributed by atoms with E-state index in [1.54, 1.807) is 22.1 Å². The maximum atomic E-state index is 2.39. The number of rotatable bonds is 8. The number of hydrogen-bond donors (Lipinski definition) is 0. The zero-order valence-electron chi connectivity index (χ0n) is 14.8. The largest absolute Gasteiger partial charge is 1.00 e. The van der Waals surface area contributed by atoms with E-state index in [9.17, 15) is 0 Å². The van der Waals surface area contributed by atoms with Crippen LogP contribution in [0.25, 0.3) is 0 Å². The summed E-state index contributed by atoms with van der Waals surface area (Å²) in [4.78, 5) is 0. The van der Waals surface area contributed by atoms with E-state index >= 15 is 0 Å². The minimum absolute atomic E-state index is 0. The molecule has 0 radical (unpaired) electrons. The summed E-state index contributed by atoms with van der Waals surface area (Å²) in [5.74, 6) is 2.39. The summed E-state index contributed by atoms with van der Waals surface area (Å²) in [6.07, 6.45) is 10.3. The Labute approximate surface area is 134 Å². The maximum Gasteiger partial charge on any atom is 1.00 e. The summed E-state index contributed by atoms with van der Waals surface area (Å²) in [7, 11) is 0. The van der Waals surface area contributed by atoms with Crippen LogP contribution in [0.5, 0.6) is 0 Å². The molecule has 0 atom stereocenters. The second-order valence-electron chi connectivity index (χ2n) is 5.21. The Bertz CT molecular complexity index is 366. The molecule has 1 heterocycles. The summed E-state index contributed by atoms with van der Waals surface area (Å²) >= 11 is 0. The topological polar surface area (TPSA) is 0 Å². The quantitative estimate of drug-likeness (QED) is 0.490. The monoisotopic (exact) mass is 252 g/mol. The number of hydrogen-bond acceptors (Lipinski definition) is 0. The van der Waals surface area contributed by atoms with Gasteiger partial charge in [-0.2, -0.15) is 0 Å². The molecular weight excluding hydrogens is 222 g/mol. The average molecular weight is 252 g/mol. The molecule has 0 aliphatic carbocycles. The Kier molecular flexibility index (Phi) is 10.8. The third kappa shape index (κ3) is 5.49. The van der Waals surface area contributed by atoms with Crippen molar-refractivity contribution in [1.82, 2.24) is 0 Å². The van der Waals surface area contributed by atoms with Crippen LogP contribution in [0, 0.1) is 0 Å². The summed E-state index contributed by atoms with van der Waals surface area (Å²) in [6, 6.07) is 0. The molecule has 0 unspecified atom stereocenters. The van der Waals surface area contributed by atoms with Gasteiger partial charge in [-0.15, -0.1) is 0 Å². The van der Waals surface area contributed by atoms with E-state index in [-0.39, 0.29) is 20.3 Å². The van der Waals surface area contributed by atoms with E-state index in [0.717, 1.165) is 0 Å². The summed E-state index contributed by atoms with van der Waals surface area (Å²) < 4.78 is 0. The van der Waals surface area contributed by atoms with E-state index in [1.165, 1.54) is 51.4 Å². The molecule has 2 heteroatoms. The van der Waals surface area contributed by atoms with Gasteiger partial charge in [0.2, 0.25) is 0 Å². The molecule has 19 heavy (non-hydrogen) atoms. The van der Waals surface area contributed by atoms with Gasteiger partial charge >= 0.3 is 133 Å². The molecule has 0 aromatic carbocycles. The van der Waals surface area contributed by atoms with Crippen molar-refractivity contribution in [3.05, 3.63) is 28.1 Å². The van der Waals surface area contributed by atoms with Crippen LogP contribution < -0.4 is 18.9 Å². The van der Waals surface area contributed by atoms with Crippen LogP contribution in [0.1, 0.15) is 77.0 Å². The van der Waals surface area contributed by atoms with Crippen molar-refractivity contribution < 1.29 is 20.3 Å². The maximum absolute atomic E-state index is 2.39. The standard InChI is InChI=1S/C17H29B.Li.H/c1-5-9-10-11-12-14-13-18-17(8-4)16(7-3)15(14)6-2;;/h13H,5-12H2,1-4H3;;/q;+1;-1. The number of unbranched alkanes of at least 4 members (excludes halogenated alkanes) is 3. The molecule has 0 amide bonds. The molecule has 0 fully saturated rings. The van der Waals surface area contributed by atoms with Gasteiger partial charge < -0.3 is 1.43 Å². The predicted molar refractivity (Wildman–Crippen MR) is 84.9 cm³/mol. The predicted octanol–water partition coefficient (Wildman–Crippen LogP) is 1.95. The van der Waals surface area contributed by atoms with Crippen molar-refractivity contribution in [1.29, 1.82) is 0 Å². The van der Waals surface area contributed by atoms with Crippen molar-refractivity contribution in [3.8, 4) is 0 Å². The number of aryl methyl sites for hydroxylation is 2. The molecule has 0 spiro atoms. The summed E-state index contributed by atoms with van der Waals surface area (Å²) in [6.45, 7) is 11.5. The minimum Gasteiger partial charge on any atom is -1.00 e. The van der Waals surface area contributed by atoms with Crippen molar-refractivity contribution in [2.24, 2.45) is 0 Å².